The number of rotatable bonds is 2. The first-order valence-electron chi connectivity index (χ1n) is 4.66. The molecule has 1 aromatic heterocycles. The predicted molar refractivity (Wildman–Crippen MR) is 60.3 cm³/mol. The van der Waals surface area contributed by atoms with E-state index in [1.807, 2.05) is 0 Å². The van der Waals surface area contributed by atoms with E-state index < -0.39 is 29.1 Å². The smallest absolute Gasteiger partial charge is 0.352 e. The Morgan fingerprint density at radius 1 is 1.22 bits per heavy atom. The van der Waals surface area contributed by atoms with E-state index in [1.54, 1.807) is 0 Å². The summed E-state index contributed by atoms with van der Waals surface area (Å²) < 4.78 is 40.9. The average Bonchev–Trinajstić information content (AvgIpc) is 2.65. The molecule has 94 valence electrons. The fourth-order valence-corrected chi connectivity index (χ4v) is 1.93. The van der Waals surface area contributed by atoms with Gasteiger partial charge >= 0.3 is 5.97 Å². The van der Waals surface area contributed by atoms with Crippen molar-refractivity contribution in [2.24, 2.45) is 0 Å². The molecule has 18 heavy (non-hydrogen) atoms. The van der Waals surface area contributed by atoms with Gasteiger partial charge in [-0.25, -0.2) is 18.0 Å². The molecule has 1 N–H and O–H groups in total. The highest BCUT2D eigenvalue weighted by Crippen LogP contribution is 2.24. The Morgan fingerprint density at radius 2 is 1.89 bits per heavy atom. The molecule has 7 heteroatoms. The Labute approximate surface area is 108 Å². The molecule has 0 aliphatic heterocycles. The zero-order chi connectivity index (χ0) is 13.4. The second-order valence-electron chi connectivity index (χ2n) is 3.44. The molecule has 0 fully saturated rings. The fraction of sp³-hybridized carbons (Fsp3) is 0. The summed E-state index contributed by atoms with van der Waals surface area (Å²) in [5, 5.41) is 8.92. The van der Waals surface area contributed by atoms with Crippen molar-refractivity contribution in [3.8, 4) is 5.69 Å². The van der Waals surface area contributed by atoms with Crippen LogP contribution in [0.5, 0.6) is 0 Å². The third kappa shape index (κ3) is 2.13. The molecule has 1 heterocycles. The molecule has 2 rings (SSSR count). The van der Waals surface area contributed by atoms with Crippen LogP contribution in [0, 0.1) is 17.5 Å². The maximum Gasteiger partial charge on any atom is 0.352 e. The summed E-state index contributed by atoms with van der Waals surface area (Å²) in [5.41, 5.74) is -0.818. The zero-order valence-electron chi connectivity index (χ0n) is 8.62. The molecule has 0 amide bonds. The van der Waals surface area contributed by atoms with E-state index in [-0.39, 0.29) is 5.69 Å². The first-order valence-corrected chi connectivity index (χ1v) is 5.45. The average molecular weight is 320 g/mol. The Kier molecular flexibility index (Phi) is 3.16. The molecule has 0 atom stereocenters. The molecule has 0 bridgehead atoms. The van der Waals surface area contributed by atoms with Gasteiger partial charge in [0.15, 0.2) is 11.6 Å². The second kappa shape index (κ2) is 4.49. The number of benzene rings is 1. The van der Waals surface area contributed by atoms with E-state index in [4.69, 9.17) is 5.11 Å². The van der Waals surface area contributed by atoms with Crippen LogP contribution in [0.2, 0.25) is 0 Å². The van der Waals surface area contributed by atoms with Gasteiger partial charge in [-0.15, -0.1) is 0 Å². The van der Waals surface area contributed by atoms with E-state index in [0.29, 0.717) is 10.5 Å². The van der Waals surface area contributed by atoms with Crippen molar-refractivity contribution in [1.29, 1.82) is 0 Å². The van der Waals surface area contributed by atoms with Crippen LogP contribution < -0.4 is 0 Å². The van der Waals surface area contributed by atoms with Crippen molar-refractivity contribution < 1.29 is 23.1 Å². The summed E-state index contributed by atoms with van der Waals surface area (Å²) in [6, 6.07) is 2.31. The normalized spacial score (nSPS) is 10.7. The van der Waals surface area contributed by atoms with Gasteiger partial charge in [-0.05, 0) is 22.0 Å². The van der Waals surface area contributed by atoms with Crippen LogP contribution in [0.4, 0.5) is 13.2 Å². The molecule has 0 spiro atoms. The lowest BCUT2D eigenvalue weighted by Crippen LogP contribution is -2.08. The molecule has 0 saturated carbocycles. The standard InChI is InChI=1S/C11H5BrF3NO2/c12-5-1-9(11(17)18)16(4-5)8-3-6(13)2-7(14)10(8)15/h1-4H,(H,17,18). The molecule has 3 nitrogen and oxygen atoms in total. The quantitative estimate of drug-likeness (QED) is 0.862. The number of aromatic nitrogens is 1. The number of carboxylic acid groups (broad SMARTS) is 1. The van der Waals surface area contributed by atoms with Gasteiger partial charge in [0, 0.05) is 22.8 Å². The van der Waals surface area contributed by atoms with Gasteiger partial charge in [0.1, 0.15) is 11.5 Å². The minimum Gasteiger partial charge on any atom is -0.477 e. The van der Waals surface area contributed by atoms with Crippen LogP contribution in [0.1, 0.15) is 10.5 Å². The predicted octanol–water partition coefficient (Wildman–Crippen LogP) is 3.36. The Morgan fingerprint density at radius 3 is 2.50 bits per heavy atom. The highest BCUT2D eigenvalue weighted by Gasteiger charge is 2.18. The van der Waals surface area contributed by atoms with Crippen molar-refractivity contribution in [2.45, 2.75) is 0 Å². The van der Waals surface area contributed by atoms with Crippen molar-refractivity contribution in [3.05, 3.63) is 52.0 Å². The maximum absolute atomic E-state index is 13.5. The monoisotopic (exact) mass is 319 g/mol. The Balaban J connectivity index is 2.73. The lowest BCUT2D eigenvalue weighted by Gasteiger charge is -2.08. The Hall–Kier alpha value is -1.76. The molecule has 1 aromatic carbocycles. The van der Waals surface area contributed by atoms with Gasteiger partial charge in [-0.1, -0.05) is 0 Å². The van der Waals surface area contributed by atoms with Crippen LogP contribution in [-0.4, -0.2) is 15.6 Å². The molecular formula is C11H5BrF3NO2. The number of hydrogen-bond donors (Lipinski definition) is 1. The zero-order valence-corrected chi connectivity index (χ0v) is 10.2. The molecule has 0 unspecified atom stereocenters. The highest BCUT2D eigenvalue weighted by molar-refractivity contribution is 9.10. The lowest BCUT2D eigenvalue weighted by molar-refractivity contribution is 0.0688. The van der Waals surface area contributed by atoms with Gasteiger partial charge in [-0.2, -0.15) is 0 Å². The van der Waals surface area contributed by atoms with Crippen molar-refractivity contribution in [2.75, 3.05) is 0 Å². The van der Waals surface area contributed by atoms with Gasteiger partial charge in [0.25, 0.3) is 0 Å². The largest absolute Gasteiger partial charge is 0.477 e. The number of hydrogen-bond acceptors (Lipinski definition) is 1. The molecule has 0 aliphatic carbocycles. The molecule has 2 aromatic rings. The minimum atomic E-state index is -1.38. The lowest BCUT2D eigenvalue weighted by atomic mass is 10.2. The number of aromatic carboxylic acids is 1. The van der Waals surface area contributed by atoms with Crippen LogP contribution in [-0.2, 0) is 0 Å². The fourth-order valence-electron chi connectivity index (χ4n) is 1.51. The van der Waals surface area contributed by atoms with E-state index in [9.17, 15) is 18.0 Å². The summed E-state index contributed by atoms with van der Waals surface area (Å²) in [6.45, 7) is 0. The molecule has 0 radical (unpaired) electrons. The third-order valence-corrected chi connectivity index (χ3v) is 2.67. The van der Waals surface area contributed by atoms with Crippen LogP contribution in [0.25, 0.3) is 5.69 Å². The van der Waals surface area contributed by atoms with Crippen molar-refractivity contribution >= 4 is 21.9 Å². The number of nitrogens with zero attached hydrogens (tertiary/aromatic N) is 1. The van der Waals surface area contributed by atoms with Crippen LogP contribution in [0.3, 0.4) is 0 Å². The van der Waals surface area contributed by atoms with Gasteiger partial charge in [0.2, 0.25) is 0 Å². The molecule has 0 aliphatic rings. The van der Waals surface area contributed by atoms with E-state index in [2.05, 4.69) is 15.9 Å². The topological polar surface area (TPSA) is 42.2 Å². The van der Waals surface area contributed by atoms with E-state index >= 15 is 0 Å². The molecular weight excluding hydrogens is 315 g/mol. The van der Waals surface area contributed by atoms with E-state index in [0.717, 1.165) is 10.6 Å². The summed E-state index contributed by atoms with van der Waals surface area (Å²) in [7, 11) is 0. The number of carboxylic acids is 1. The summed E-state index contributed by atoms with van der Waals surface area (Å²) in [6.07, 6.45) is 1.21. The number of carbonyl (C=O) groups is 1. The molecule has 0 saturated heterocycles. The van der Waals surface area contributed by atoms with Gasteiger partial charge in [0.05, 0.1) is 5.69 Å². The number of halogens is 4. The summed E-state index contributed by atoms with van der Waals surface area (Å²) in [4.78, 5) is 10.9. The van der Waals surface area contributed by atoms with E-state index in [1.165, 1.54) is 12.3 Å². The van der Waals surface area contributed by atoms with Gasteiger partial charge in [-0.3, -0.25) is 0 Å². The first kappa shape index (κ1) is 12.7. The van der Waals surface area contributed by atoms with Crippen LogP contribution in [0.15, 0.2) is 28.9 Å². The highest BCUT2D eigenvalue weighted by atomic mass is 79.9. The first-order chi connectivity index (χ1) is 8.40. The van der Waals surface area contributed by atoms with Crippen molar-refractivity contribution in [1.82, 2.24) is 4.57 Å². The Bertz CT molecular complexity index is 639. The second-order valence-corrected chi connectivity index (χ2v) is 4.36. The van der Waals surface area contributed by atoms with Crippen LogP contribution >= 0.6 is 15.9 Å². The third-order valence-electron chi connectivity index (χ3n) is 2.24. The maximum atomic E-state index is 13.5. The summed E-state index contributed by atoms with van der Waals surface area (Å²) in [5.74, 6) is -5.04. The SMILES string of the molecule is O=C(O)c1cc(Br)cn1-c1cc(F)cc(F)c1F. The van der Waals surface area contributed by atoms with Crippen molar-refractivity contribution in [3.63, 3.8) is 0 Å². The van der Waals surface area contributed by atoms with Gasteiger partial charge < -0.3 is 9.67 Å². The minimum absolute atomic E-state index is 0.314. The summed E-state index contributed by atoms with van der Waals surface area (Å²) >= 11 is 3.02.